The highest BCUT2D eigenvalue weighted by atomic mass is 19.1. The molecule has 30 heavy (non-hydrogen) atoms. The van der Waals surface area contributed by atoms with Gasteiger partial charge in [-0.15, -0.1) is 0 Å². The smallest absolute Gasteiger partial charge is 0.259 e. The Morgan fingerprint density at radius 3 is 2.77 bits per heavy atom. The molecule has 0 saturated carbocycles. The molecule has 2 aromatic carbocycles. The zero-order chi connectivity index (χ0) is 20.8. The average molecular weight is 400 g/mol. The van der Waals surface area contributed by atoms with Gasteiger partial charge in [-0.05, 0) is 74.7 Å². The predicted octanol–water partition coefficient (Wildman–Crippen LogP) is 5.92. The minimum absolute atomic E-state index is 0.0108. The van der Waals surface area contributed by atoms with Crippen LogP contribution in [0.1, 0.15) is 35.0 Å². The van der Waals surface area contributed by atoms with Crippen LogP contribution in [0.5, 0.6) is 0 Å². The third-order valence-electron chi connectivity index (χ3n) is 5.73. The van der Waals surface area contributed by atoms with Crippen LogP contribution < -0.4 is 4.90 Å². The van der Waals surface area contributed by atoms with Crippen LogP contribution in [0.2, 0.25) is 0 Å². The highest BCUT2D eigenvalue weighted by Crippen LogP contribution is 2.34. The van der Waals surface area contributed by atoms with Crippen molar-refractivity contribution >= 4 is 22.5 Å². The Labute approximate surface area is 174 Å². The average Bonchev–Trinajstić information content (AvgIpc) is 3.19. The monoisotopic (exact) mass is 400 g/mol. The fourth-order valence-electron chi connectivity index (χ4n) is 4.21. The Balaban J connectivity index is 1.68. The van der Waals surface area contributed by atoms with Gasteiger partial charge < -0.3 is 9.32 Å². The van der Waals surface area contributed by atoms with Gasteiger partial charge in [0.15, 0.2) is 5.76 Å². The zero-order valence-electron chi connectivity index (χ0n) is 16.9. The van der Waals surface area contributed by atoms with Crippen molar-refractivity contribution in [1.82, 2.24) is 4.98 Å². The first kappa shape index (κ1) is 18.6. The number of carbonyl (C=O) groups is 1. The molecule has 1 aliphatic heterocycles. The highest BCUT2D eigenvalue weighted by Gasteiger charge is 2.30. The SMILES string of the molecule is Cc1ccc(-c2cc(C(=O)N3c4ccc(F)cc4CCC3C)c3ccccc3n2)o1. The first-order valence-corrected chi connectivity index (χ1v) is 10.1. The van der Waals surface area contributed by atoms with E-state index in [9.17, 15) is 9.18 Å². The molecule has 150 valence electrons. The number of carbonyl (C=O) groups excluding carboxylic acids is 1. The predicted molar refractivity (Wildman–Crippen MR) is 115 cm³/mol. The number of hydrogen-bond donors (Lipinski definition) is 0. The third kappa shape index (κ3) is 3.07. The fraction of sp³-hybridized carbons (Fsp3) is 0.200. The van der Waals surface area contributed by atoms with Crippen LogP contribution in [0.3, 0.4) is 0 Å². The van der Waals surface area contributed by atoms with Gasteiger partial charge in [-0.1, -0.05) is 18.2 Å². The van der Waals surface area contributed by atoms with E-state index < -0.39 is 0 Å². The van der Waals surface area contributed by atoms with Crippen molar-refractivity contribution in [2.45, 2.75) is 32.7 Å². The number of para-hydroxylation sites is 1. The largest absolute Gasteiger partial charge is 0.460 e. The normalized spacial score (nSPS) is 16.0. The summed E-state index contributed by atoms with van der Waals surface area (Å²) in [7, 11) is 0. The number of benzene rings is 2. The molecule has 1 atom stereocenters. The van der Waals surface area contributed by atoms with Gasteiger partial charge in [0, 0.05) is 17.1 Å². The van der Waals surface area contributed by atoms with Gasteiger partial charge in [-0.25, -0.2) is 9.37 Å². The van der Waals surface area contributed by atoms with Crippen LogP contribution in [0.25, 0.3) is 22.4 Å². The standard InChI is InChI=1S/C25H21FN2O2/c1-15-7-9-17-13-18(26)10-11-23(17)28(15)25(29)20-14-22(24-12-8-16(2)30-24)27-21-6-4-3-5-19(20)21/h3-6,8,10-15H,7,9H2,1-2H3. The summed E-state index contributed by atoms with van der Waals surface area (Å²) < 4.78 is 19.5. The van der Waals surface area contributed by atoms with Gasteiger partial charge in [-0.3, -0.25) is 4.79 Å². The molecule has 1 amide bonds. The summed E-state index contributed by atoms with van der Waals surface area (Å²) in [5.74, 6) is 1.02. The number of aryl methyl sites for hydroxylation is 2. The van der Waals surface area contributed by atoms with Crippen molar-refractivity contribution in [2.24, 2.45) is 0 Å². The van der Waals surface area contributed by atoms with E-state index in [0.717, 1.165) is 40.8 Å². The maximum absolute atomic E-state index is 13.8. The number of fused-ring (bicyclic) bond motifs is 2. The second-order valence-corrected chi connectivity index (χ2v) is 7.82. The molecule has 4 nitrogen and oxygen atoms in total. The molecule has 1 unspecified atom stereocenters. The molecule has 1 aliphatic rings. The van der Waals surface area contributed by atoms with Gasteiger partial charge in [0.25, 0.3) is 5.91 Å². The first-order chi connectivity index (χ1) is 14.5. The number of hydrogen-bond acceptors (Lipinski definition) is 3. The summed E-state index contributed by atoms with van der Waals surface area (Å²) in [4.78, 5) is 20.3. The quantitative estimate of drug-likeness (QED) is 0.419. The molecule has 0 N–H and O–H groups in total. The number of pyridine rings is 1. The number of amides is 1. The topological polar surface area (TPSA) is 46.3 Å². The molecule has 2 aromatic heterocycles. The second-order valence-electron chi connectivity index (χ2n) is 7.82. The van der Waals surface area contributed by atoms with E-state index in [-0.39, 0.29) is 17.8 Å². The minimum atomic E-state index is -0.277. The van der Waals surface area contributed by atoms with E-state index in [4.69, 9.17) is 9.40 Å². The number of anilines is 1. The van der Waals surface area contributed by atoms with Crippen molar-refractivity contribution in [3.8, 4) is 11.5 Å². The Kier molecular flexibility index (Phi) is 4.39. The van der Waals surface area contributed by atoms with Crippen molar-refractivity contribution in [3.05, 3.63) is 83.4 Å². The summed E-state index contributed by atoms with van der Waals surface area (Å²) in [6.07, 6.45) is 1.54. The summed E-state index contributed by atoms with van der Waals surface area (Å²) in [6, 6.07) is 17.8. The van der Waals surface area contributed by atoms with E-state index in [1.54, 1.807) is 17.0 Å². The molecular formula is C25H21FN2O2. The lowest BCUT2D eigenvalue weighted by Gasteiger charge is -2.35. The van der Waals surface area contributed by atoms with Gasteiger partial charge in [0.05, 0.1) is 11.1 Å². The molecule has 0 radical (unpaired) electrons. The number of rotatable bonds is 2. The Morgan fingerprint density at radius 2 is 1.97 bits per heavy atom. The Bertz CT molecular complexity index is 1280. The molecule has 3 heterocycles. The number of halogens is 1. The summed E-state index contributed by atoms with van der Waals surface area (Å²) in [6.45, 7) is 3.91. The van der Waals surface area contributed by atoms with Crippen molar-refractivity contribution < 1.29 is 13.6 Å². The second kappa shape index (κ2) is 7.10. The van der Waals surface area contributed by atoms with Crippen LogP contribution in [0, 0.1) is 12.7 Å². The number of furan rings is 1. The first-order valence-electron chi connectivity index (χ1n) is 10.1. The van der Waals surface area contributed by atoms with E-state index in [1.165, 1.54) is 12.1 Å². The summed E-state index contributed by atoms with van der Waals surface area (Å²) >= 11 is 0. The molecule has 5 rings (SSSR count). The maximum atomic E-state index is 13.8. The fourth-order valence-corrected chi connectivity index (χ4v) is 4.21. The summed E-state index contributed by atoms with van der Waals surface area (Å²) in [5.41, 5.74) is 3.55. The Morgan fingerprint density at radius 1 is 1.13 bits per heavy atom. The highest BCUT2D eigenvalue weighted by molar-refractivity contribution is 6.14. The van der Waals surface area contributed by atoms with Crippen molar-refractivity contribution in [3.63, 3.8) is 0 Å². The molecule has 0 fully saturated rings. The van der Waals surface area contributed by atoms with E-state index in [2.05, 4.69) is 0 Å². The molecule has 5 heteroatoms. The van der Waals surface area contributed by atoms with Crippen LogP contribution in [0.4, 0.5) is 10.1 Å². The van der Waals surface area contributed by atoms with Crippen LogP contribution in [0.15, 0.2) is 65.1 Å². The number of aromatic nitrogens is 1. The molecule has 0 aliphatic carbocycles. The Hall–Kier alpha value is -3.47. The lowest BCUT2D eigenvalue weighted by Crippen LogP contribution is -2.42. The molecule has 0 spiro atoms. The van der Waals surface area contributed by atoms with Gasteiger partial charge in [-0.2, -0.15) is 0 Å². The van der Waals surface area contributed by atoms with Gasteiger partial charge in [0.2, 0.25) is 0 Å². The maximum Gasteiger partial charge on any atom is 0.259 e. The minimum Gasteiger partial charge on any atom is -0.460 e. The van der Waals surface area contributed by atoms with Crippen molar-refractivity contribution in [1.29, 1.82) is 0 Å². The van der Waals surface area contributed by atoms with E-state index in [0.29, 0.717) is 17.0 Å². The van der Waals surface area contributed by atoms with Gasteiger partial charge >= 0.3 is 0 Å². The van der Waals surface area contributed by atoms with E-state index >= 15 is 0 Å². The zero-order valence-corrected chi connectivity index (χ0v) is 16.9. The molecule has 0 saturated heterocycles. The third-order valence-corrected chi connectivity index (χ3v) is 5.73. The number of nitrogens with zero attached hydrogens (tertiary/aromatic N) is 2. The van der Waals surface area contributed by atoms with Gasteiger partial charge in [0.1, 0.15) is 17.3 Å². The lowest BCUT2D eigenvalue weighted by molar-refractivity contribution is 0.0976. The van der Waals surface area contributed by atoms with Crippen LogP contribution in [-0.4, -0.2) is 16.9 Å². The molecule has 4 aromatic rings. The molecule has 0 bridgehead atoms. The lowest BCUT2D eigenvalue weighted by atomic mass is 9.95. The van der Waals surface area contributed by atoms with E-state index in [1.807, 2.05) is 50.2 Å². The molecular weight excluding hydrogens is 379 g/mol. The van der Waals surface area contributed by atoms with Crippen LogP contribution >= 0.6 is 0 Å². The van der Waals surface area contributed by atoms with Crippen LogP contribution in [-0.2, 0) is 6.42 Å². The van der Waals surface area contributed by atoms with Crippen molar-refractivity contribution in [2.75, 3.05) is 4.90 Å². The summed E-state index contributed by atoms with van der Waals surface area (Å²) in [5, 5.41) is 0.788.